The molecular weight excluding hydrogens is 176 g/mol. The van der Waals surface area contributed by atoms with E-state index >= 15 is 0 Å². The minimum atomic E-state index is -0.647. The molecule has 1 saturated carbocycles. The molecule has 2 rings (SSSR count). The van der Waals surface area contributed by atoms with Gasteiger partial charge < -0.3 is 9.84 Å². The van der Waals surface area contributed by atoms with E-state index in [0.29, 0.717) is 5.92 Å². The summed E-state index contributed by atoms with van der Waals surface area (Å²) in [6.07, 6.45) is 1.68. The average Bonchev–Trinajstić information content (AvgIpc) is 2.15. The molecular formula is C12H16O2. The van der Waals surface area contributed by atoms with Crippen molar-refractivity contribution >= 4 is 0 Å². The number of benzene rings is 1. The predicted molar refractivity (Wildman–Crippen MR) is 55.3 cm³/mol. The van der Waals surface area contributed by atoms with Crippen molar-refractivity contribution in [3.05, 3.63) is 29.8 Å². The lowest BCUT2D eigenvalue weighted by atomic mass is 9.68. The van der Waals surface area contributed by atoms with E-state index in [1.54, 1.807) is 7.11 Å². The minimum Gasteiger partial charge on any atom is -0.496 e. The zero-order valence-corrected chi connectivity index (χ0v) is 8.66. The second-order valence-corrected chi connectivity index (χ2v) is 4.25. The van der Waals surface area contributed by atoms with E-state index in [9.17, 15) is 5.11 Å². The van der Waals surface area contributed by atoms with Gasteiger partial charge in [0.15, 0.2) is 0 Å². The zero-order valence-electron chi connectivity index (χ0n) is 8.66. The van der Waals surface area contributed by atoms with Gasteiger partial charge in [-0.1, -0.05) is 25.1 Å². The van der Waals surface area contributed by atoms with Gasteiger partial charge in [0.1, 0.15) is 5.75 Å². The molecule has 76 valence electrons. The van der Waals surface area contributed by atoms with Crippen LogP contribution < -0.4 is 4.74 Å². The second-order valence-electron chi connectivity index (χ2n) is 4.25. The van der Waals surface area contributed by atoms with Crippen LogP contribution >= 0.6 is 0 Å². The Balaban J connectivity index is 2.32. The van der Waals surface area contributed by atoms with Gasteiger partial charge in [0.25, 0.3) is 0 Å². The molecule has 0 aromatic heterocycles. The lowest BCUT2D eigenvalue weighted by Crippen LogP contribution is -2.39. The molecule has 14 heavy (non-hydrogen) atoms. The third-order valence-corrected chi connectivity index (χ3v) is 2.98. The molecule has 0 radical (unpaired) electrons. The van der Waals surface area contributed by atoms with E-state index in [2.05, 4.69) is 6.92 Å². The number of hydrogen-bond acceptors (Lipinski definition) is 2. The van der Waals surface area contributed by atoms with Crippen LogP contribution in [0, 0.1) is 5.92 Å². The summed E-state index contributed by atoms with van der Waals surface area (Å²) >= 11 is 0. The van der Waals surface area contributed by atoms with Crippen LogP contribution in [0.25, 0.3) is 0 Å². The Morgan fingerprint density at radius 3 is 2.57 bits per heavy atom. The summed E-state index contributed by atoms with van der Waals surface area (Å²) in [6.45, 7) is 2.16. The standard InChI is InChI=1S/C12H16O2/c1-9-7-12(13,8-9)10-5-3-4-6-11(10)14-2/h3-6,9,13H,7-8H2,1-2H3. The Morgan fingerprint density at radius 2 is 2.00 bits per heavy atom. The Bertz CT molecular complexity index is 327. The first-order valence-electron chi connectivity index (χ1n) is 5.01. The van der Waals surface area contributed by atoms with Crippen LogP contribution in [0.2, 0.25) is 0 Å². The first-order chi connectivity index (χ1) is 6.65. The highest BCUT2D eigenvalue weighted by atomic mass is 16.5. The number of rotatable bonds is 2. The SMILES string of the molecule is COc1ccccc1C1(O)CC(C)C1. The van der Waals surface area contributed by atoms with Crippen LogP contribution in [0.1, 0.15) is 25.3 Å². The van der Waals surface area contributed by atoms with Gasteiger partial charge in [-0.2, -0.15) is 0 Å². The Kier molecular flexibility index (Phi) is 2.23. The molecule has 0 amide bonds. The van der Waals surface area contributed by atoms with Crippen molar-refractivity contribution in [2.24, 2.45) is 5.92 Å². The van der Waals surface area contributed by atoms with E-state index in [4.69, 9.17) is 4.74 Å². The van der Waals surface area contributed by atoms with Crippen LogP contribution in [0.4, 0.5) is 0 Å². The zero-order chi connectivity index (χ0) is 10.2. The Hall–Kier alpha value is -1.02. The smallest absolute Gasteiger partial charge is 0.124 e. The molecule has 0 saturated heterocycles. The van der Waals surface area contributed by atoms with Gasteiger partial charge in [0, 0.05) is 5.56 Å². The highest BCUT2D eigenvalue weighted by Gasteiger charge is 2.43. The van der Waals surface area contributed by atoms with Gasteiger partial charge in [0.2, 0.25) is 0 Å². The van der Waals surface area contributed by atoms with Crippen molar-refractivity contribution < 1.29 is 9.84 Å². The molecule has 1 aromatic carbocycles. The highest BCUT2D eigenvalue weighted by molar-refractivity contribution is 5.39. The maximum absolute atomic E-state index is 10.3. The Morgan fingerprint density at radius 1 is 1.36 bits per heavy atom. The van der Waals surface area contributed by atoms with Crippen molar-refractivity contribution in [3.63, 3.8) is 0 Å². The largest absolute Gasteiger partial charge is 0.496 e. The van der Waals surface area contributed by atoms with Gasteiger partial charge in [-0.15, -0.1) is 0 Å². The lowest BCUT2D eigenvalue weighted by Gasteiger charge is -2.42. The van der Waals surface area contributed by atoms with Gasteiger partial charge in [-0.25, -0.2) is 0 Å². The number of aliphatic hydroxyl groups is 1. The molecule has 1 N–H and O–H groups in total. The van der Waals surface area contributed by atoms with Crippen molar-refractivity contribution in [3.8, 4) is 5.75 Å². The van der Waals surface area contributed by atoms with Gasteiger partial charge in [-0.05, 0) is 24.8 Å². The third-order valence-electron chi connectivity index (χ3n) is 2.98. The van der Waals surface area contributed by atoms with Crippen molar-refractivity contribution in [2.45, 2.75) is 25.4 Å². The molecule has 0 unspecified atom stereocenters. The summed E-state index contributed by atoms with van der Waals surface area (Å²) in [7, 11) is 1.64. The van der Waals surface area contributed by atoms with Gasteiger partial charge in [0.05, 0.1) is 12.7 Å². The molecule has 0 aliphatic heterocycles. The predicted octanol–water partition coefficient (Wildman–Crippen LogP) is 2.31. The first kappa shape index (κ1) is 9.53. The van der Waals surface area contributed by atoms with Crippen LogP contribution in [-0.2, 0) is 5.60 Å². The summed E-state index contributed by atoms with van der Waals surface area (Å²) in [4.78, 5) is 0. The van der Waals surface area contributed by atoms with Gasteiger partial charge in [-0.3, -0.25) is 0 Å². The highest BCUT2D eigenvalue weighted by Crippen LogP contribution is 2.47. The van der Waals surface area contributed by atoms with Crippen LogP contribution in [0.15, 0.2) is 24.3 Å². The molecule has 0 spiro atoms. The number of ether oxygens (including phenoxy) is 1. The monoisotopic (exact) mass is 192 g/mol. The molecule has 0 atom stereocenters. The third kappa shape index (κ3) is 1.40. The maximum Gasteiger partial charge on any atom is 0.124 e. The molecule has 0 heterocycles. The van der Waals surface area contributed by atoms with E-state index in [1.165, 1.54) is 0 Å². The van der Waals surface area contributed by atoms with Crippen LogP contribution in [-0.4, -0.2) is 12.2 Å². The Labute approximate surface area is 84.5 Å². The van der Waals surface area contributed by atoms with Crippen molar-refractivity contribution in [1.82, 2.24) is 0 Å². The fourth-order valence-corrected chi connectivity index (χ4v) is 2.34. The maximum atomic E-state index is 10.3. The lowest BCUT2D eigenvalue weighted by molar-refractivity contribution is -0.0751. The van der Waals surface area contributed by atoms with Crippen LogP contribution in [0.3, 0.4) is 0 Å². The van der Waals surface area contributed by atoms with E-state index in [0.717, 1.165) is 24.2 Å². The molecule has 1 aliphatic carbocycles. The molecule has 0 bridgehead atoms. The first-order valence-corrected chi connectivity index (χ1v) is 5.01. The van der Waals surface area contributed by atoms with E-state index in [-0.39, 0.29) is 0 Å². The summed E-state index contributed by atoms with van der Waals surface area (Å²) in [5, 5.41) is 10.3. The molecule has 2 heteroatoms. The number of hydrogen-bond donors (Lipinski definition) is 1. The van der Waals surface area contributed by atoms with E-state index < -0.39 is 5.60 Å². The quantitative estimate of drug-likeness (QED) is 0.779. The van der Waals surface area contributed by atoms with E-state index in [1.807, 2.05) is 24.3 Å². The van der Waals surface area contributed by atoms with Gasteiger partial charge >= 0.3 is 0 Å². The fraction of sp³-hybridized carbons (Fsp3) is 0.500. The average molecular weight is 192 g/mol. The minimum absolute atomic E-state index is 0.616. The summed E-state index contributed by atoms with van der Waals surface area (Å²) < 4.78 is 5.24. The topological polar surface area (TPSA) is 29.5 Å². The number of para-hydroxylation sites is 1. The fourth-order valence-electron chi connectivity index (χ4n) is 2.34. The molecule has 1 aromatic rings. The molecule has 1 fully saturated rings. The number of methoxy groups -OCH3 is 1. The summed E-state index contributed by atoms with van der Waals surface area (Å²) in [5.74, 6) is 1.41. The summed E-state index contributed by atoms with van der Waals surface area (Å²) in [6, 6.07) is 7.72. The molecule has 1 aliphatic rings. The summed E-state index contributed by atoms with van der Waals surface area (Å²) in [5.41, 5.74) is 0.284. The van der Waals surface area contributed by atoms with Crippen LogP contribution in [0.5, 0.6) is 5.75 Å². The second kappa shape index (κ2) is 3.28. The van der Waals surface area contributed by atoms with Crippen molar-refractivity contribution in [2.75, 3.05) is 7.11 Å². The normalized spacial score (nSPS) is 30.9. The van der Waals surface area contributed by atoms with Crippen molar-refractivity contribution in [1.29, 1.82) is 0 Å². The molecule has 2 nitrogen and oxygen atoms in total.